The lowest BCUT2D eigenvalue weighted by molar-refractivity contribution is -0.155. The number of piperidine rings is 1. The van der Waals surface area contributed by atoms with Gasteiger partial charge in [0.15, 0.2) is 0 Å². The van der Waals surface area contributed by atoms with Crippen molar-refractivity contribution in [3.05, 3.63) is 63.6 Å². The lowest BCUT2D eigenvalue weighted by Crippen LogP contribution is -2.60. The second-order valence-electron chi connectivity index (χ2n) is 10.3. The van der Waals surface area contributed by atoms with Gasteiger partial charge in [0.2, 0.25) is 5.91 Å². The fourth-order valence-corrected chi connectivity index (χ4v) is 5.03. The van der Waals surface area contributed by atoms with Crippen molar-refractivity contribution in [3.63, 3.8) is 0 Å². The monoisotopic (exact) mass is 549 g/mol. The van der Waals surface area contributed by atoms with Gasteiger partial charge in [0.1, 0.15) is 6.04 Å². The van der Waals surface area contributed by atoms with E-state index in [0.717, 1.165) is 5.56 Å². The predicted octanol–water partition coefficient (Wildman–Crippen LogP) is 5.07. The SMILES string of the molecule is COC(=O)Nc1cc(Cl)cc(C(=O)N[C@@H](C(=O)N2CC[C@](O)(c3ccc(Cl)cc3)C(C)(C)C2)C(C)C)c1. The Morgan fingerprint density at radius 2 is 1.70 bits per heavy atom. The summed E-state index contributed by atoms with van der Waals surface area (Å²) < 4.78 is 4.59. The Kier molecular flexibility index (Phi) is 8.78. The third kappa shape index (κ3) is 6.37. The molecule has 3 N–H and O–H groups in total. The second-order valence-corrected chi connectivity index (χ2v) is 11.2. The molecule has 0 aliphatic carbocycles. The maximum atomic E-state index is 13.6. The van der Waals surface area contributed by atoms with Crippen molar-refractivity contribution in [2.75, 3.05) is 25.5 Å². The Morgan fingerprint density at radius 3 is 2.27 bits per heavy atom. The van der Waals surface area contributed by atoms with Crippen LogP contribution in [0.25, 0.3) is 0 Å². The van der Waals surface area contributed by atoms with Gasteiger partial charge >= 0.3 is 6.09 Å². The number of halogens is 2. The van der Waals surface area contributed by atoms with Crippen LogP contribution < -0.4 is 10.6 Å². The first kappa shape index (κ1) is 28.8. The molecule has 1 saturated heterocycles. The number of likely N-dealkylation sites (tertiary alicyclic amines) is 1. The summed E-state index contributed by atoms with van der Waals surface area (Å²) in [4.78, 5) is 40.0. The van der Waals surface area contributed by atoms with E-state index in [-0.39, 0.29) is 28.1 Å². The van der Waals surface area contributed by atoms with Crippen molar-refractivity contribution < 1.29 is 24.2 Å². The third-order valence-corrected chi connectivity index (χ3v) is 7.36. The molecule has 10 heteroatoms. The number of ether oxygens (including phenoxy) is 1. The first-order valence-corrected chi connectivity index (χ1v) is 12.8. The Morgan fingerprint density at radius 1 is 1.05 bits per heavy atom. The molecule has 0 bridgehead atoms. The van der Waals surface area contributed by atoms with Gasteiger partial charge in [0.05, 0.1) is 12.7 Å². The van der Waals surface area contributed by atoms with Crippen LogP contribution in [0.2, 0.25) is 10.0 Å². The van der Waals surface area contributed by atoms with Gasteiger partial charge < -0.3 is 20.1 Å². The molecule has 37 heavy (non-hydrogen) atoms. The minimum atomic E-state index is -1.14. The first-order valence-electron chi connectivity index (χ1n) is 12.0. The Balaban J connectivity index is 1.77. The van der Waals surface area contributed by atoms with Crippen molar-refractivity contribution in [2.45, 2.75) is 45.8 Å². The van der Waals surface area contributed by atoms with E-state index in [1.54, 1.807) is 17.0 Å². The highest BCUT2D eigenvalue weighted by atomic mass is 35.5. The average Bonchev–Trinajstić information content (AvgIpc) is 2.83. The van der Waals surface area contributed by atoms with E-state index in [1.807, 2.05) is 39.8 Å². The number of methoxy groups -OCH3 is 1. The van der Waals surface area contributed by atoms with Crippen LogP contribution in [0.4, 0.5) is 10.5 Å². The number of nitrogens with zero attached hydrogens (tertiary/aromatic N) is 1. The molecule has 0 radical (unpaired) electrons. The van der Waals surface area contributed by atoms with Crippen LogP contribution in [0.15, 0.2) is 42.5 Å². The van der Waals surface area contributed by atoms with E-state index in [0.29, 0.717) is 24.5 Å². The molecule has 1 aliphatic rings. The molecule has 1 fully saturated rings. The number of nitrogens with one attached hydrogen (secondary N) is 2. The van der Waals surface area contributed by atoms with Crippen LogP contribution in [0, 0.1) is 11.3 Å². The zero-order valence-corrected chi connectivity index (χ0v) is 23.1. The molecule has 2 aromatic rings. The molecule has 0 aromatic heterocycles. The Bertz CT molecular complexity index is 1170. The quantitative estimate of drug-likeness (QED) is 0.466. The summed E-state index contributed by atoms with van der Waals surface area (Å²) in [6, 6.07) is 10.7. The maximum Gasteiger partial charge on any atom is 0.411 e. The third-order valence-electron chi connectivity index (χ3n) is 6.89. The molecule has 0 unspecified atom stereocenters. The van der Waals surface area contributed by atoms with Gasteiger partial charge in [-0.25, -0.2) is 4.79 Å². The molecule has 200 valence electrons. The second kappa shape index (κ2) is 11.3. The van der Waals surface area contributed by atoms with Crippen molar-refractivity contribution in [1.82, 2.24) is 10.2 Å². The Hall–Kier alpha value is -2.81. The highest BCUT2D eigenvalue weighted by Gasteiger charge is 2.50. The van der Waals surface area contributed by atoms with Crippen LogP contribution in [0.3, 0.4) is 0 Å². The summed E-state index contributed by atoms with van der Waals surface area (Å²) >= 11 is 12.2. The molecule has 0 spiro atoms. The van der Waals surface area contributed by atoms with Gasteiger partial charge in [-0.2, -0.15) is 0 Å². The number of rotatable bonds is 6. The number of benzene rings is 2. The summed E-state index contributed by atoms with van der Waals surface area (Å²) in [5, 5.41) is 17.8. The highest BCUT2D eigenvalue weighted by molar-refractivity contribution is 6.31. The summed E-state index contributed by atoms with van der Waals surface area (Å²) in [5.74, 6) is -0.940. The molecular weight excluding hydrogens is 517 g/mol. The normalized spacial score (nSPS) is 19.8. The van der Waals surface area contributed by atoms with Crippen LogP contribution >= 0.6 is 23.2 Å². The number of carbonyl (C=O) groups is 3. The fourth-order valence-electron chi connectivity index (χ4n) is 4.67. The molecule has 0 saturated carbocycles. The molecule has 3 rings (SSSR count). The smallest absolute Gasteiger partial charge is 0.411 e. The standard InChI is InChI=1S/C27H33Cl2N3O5/c1-16(2)22(31-23(33)17-12-20(29)14-21(13-17)30-25(35)37-5)24(34)32-11-10-27(36,26(3,4)15-32)18-6-8-19(28)9-7-18/h6-9,12-14,16,22,36H,10-11,15H2,1-5H3,(H,30,35)(H,31,33)/t22-,27+/m1/s1. The molecule has 2 aromatic carbocycles. The number of carbonyl (C=O) groups excluding carboxylic acids is 3. The highest BCUT2D eigenvalue weighted by Crippen LogP contribution is 2.46. The maximum absolute atomic E-state index is 13.6. The average molecular weight is 550 g/mol. The summed E-state index contributed by atoms with van der Waals surface area (Å²) in [6.45, 7) is 8.17. The summed E-state index contributed by atoms with van der Waals surface area (Å²) in [7, 11) is 1.23. The number of anilines is 1. The number of hydrogen-bond acceptors (Lipinski definition) is 5. The number of hydrogen-bond donors (Lipinski definition) is 3. The molecule has 2 atom stereocenters. The van der Waals surface area contributed by atoms with Gasteiger partial charge in [-0.3, -0.25) is 14.9 Å². The number of amides is 3. The van der Waals surface area contributed by atoms with Gasteiger partial charge in [0, 0.05) is 39.8 Å². The molecule has 8 nitrogen and oxygen atoms in total. The zero-order valence-electron chi connectivity index (χ0n) is 21.6. The molecular formula is C27H33Cl2N3O5. The van der Waals surface area contributed by atoms with Gasteiger partial charge in [0.25, 0.3) is 5.91 Å². The van der Waals surface area contributed by atoms with Crippen LogP contribution in [-0.4, -0.2) is 54.2 Å². The van der Waals surface area contributed by atoms with E-state index in [1.165, 1.54) is 25.3 Å². The molecule has 1 aliphatic heterocycles. The van der Waals surface area contributed by atoms with E-state index < -0.39 is 29.1 Å². The van der Waals surface area contributed by atoms with Crippen molar-refractivity contribution in [2.24, 2.45) is 11.3 Å². The fraction of sp³-hybridized carbons (Fsp3) is 0.444. The predicted molar refractivity (Wildman–Crippen MR) is 144 cm³/mol. The lowest BCUT2D eigenvalue weighted by Gasteiger charge is -2.51. The van der Waals surface area contributed by atoms with Crippen LogP contribution in [0.1, 0.15) is 50.0 Å². The van der Waals surface area contributed by atoms with Gasteiger partial charge in [-0.1, -0.05) is 63.0 Å². The Labute approximate surface area is 227 Å². The van der Waals surface area contributed by atoms with Crippen molar-refractivity contribution in [3.8, 4) is 0 Å². The summed E-state index contributed by atoms with van der Waals surface area (Å²) in [5.41, 5.74) is -0.583. The van der Waals surface area contributed by atoms with Crippen LogP contribution in [0.5, 0.6) is 0 Å². The van der Waals surface area contributed by atoms with Crippen molar-refractivity contribution >= 4 is 46.8 Å². The largest absolute Gasteiger partial charge is 0.453 e. The molecule has 3 amide bonds. The minimum absolute atomic E-state index is 0.188. The molecule has 1 heterocycles. The number of aliphatic hydroxyl groups is 1. The lowest BCUT2D eigenvalue weighted by atomic mass is 9.66. The van der Waals surface area contributed by atoms with E-state index in [4.69, 9.17) is 23.2 Å². The van der Waals surface area contributed by atoms with Gasteiger partial charge in [-0.05, 0) is 48.2 Å². The van der Waals surface area contributed by atoms with Crippen LogP contribution in [-0.2, 0) is 15.1 Å². The van der Waals surface area contributed by atoms with Gasteiger partial charge in [-0.15, -0.1) is 0 Å². The van der Waals surface area contributed by atoms with E-state index >= 15 is 0 Å². The van der Waals surface area contributed by atoms with E-state index in [9.17, 15) is 19.5 Å². The summed E-state index contributed by atoms with van der Waals surface area (Å²) in [6.07, 6.45) is -0.363. The first-order chi connectivity index (χ1) is 17.3. The van der Waals surface area contributed by atoms with E-state index in [2.05, 4.69) is 15.4 Å². The topological polar surface area (TPSA) is 108 Å². The zero-order chi connectivity index (χ0) is 27.5. The minimum Gasteiger partial charge on any atom is -0.453 e. The van der Waals surface area contributed by atoms with Crippen molar-refractivity contribution in [1.29, 1.82) is 0 Å².